The van der Waals surface area contributed by atoms with Gasteiger partial charge in [-0.05, 0) is 51.4 Å². The molecule has 0 saturated carbocycles. The van der Waals surface area contributed by atoms with Crippen LogP contribution in [0.15, 0.2) is 12.2 Å². The maximum absolute atomic E-state index is 12.5. The fourth-order valence-corrected chi connectivity index (χ4v) is 7.87. The Balaban J connectivity index is 3.49. The number of hydrogen-bond acceptors (Lipinski definition) is 5. The van der Waals surface area contributed by atoms with Crippen LogP contribution < -0.4 is 5.32 Å². The first-order valence-electron chi connectivity index (χ1n) is 25.4. The number of unbranched alkanes of at least 4 members (excludes halogenated alkanes) is 34. The molecule has 3 N–H and O–H groups in total. The fraction of sp³-hybridized carbons (Fsp3) is 0.922. The van der Waals surface area contributed by atoms with Crippen LogP contribution in [0.4, 0.5) is 0 Å². The summed E-state index contributed by atoms with van der Waals surface area (Å²) in [7, 11) is 0. The molecule has 6 heteroatoms. The molecule has 0 spiro atoms. The topological polar surface area (TPSA) is 95.9 Å². The minimum atomic E-state index is -0.678. The van der Waals surface area contributed by atoms with E-state index in [0.29, 0.717) is 25.9 Å². The Bertz CT molecular complexity index is 847. The van der Waals surface area contributed by atoms with E-state index in [1.54, 1.807) is 0 Å². The van der Waals surface area contributed by atoms with E-state index in [2.05, 4.69) is 31.3 Å². The van der Waals surface area contributed by atoms with Crippen LogP contribution in [0, 0.1) is 0 Å². The van der Waals surface area contributed by atoms with Crippen LogP contribution in [0.5, 0.6) is 0 Å². The summed E-state index contributed by atoms with van der Waals surface area (Å²) < 4.78 is 5.44. The maximum atomic E-state index is 12.5. The van der Waals surface area contributed by atoms with Gasteiger partial charge in [0, 0.05) is 12.8 Å². The normalized spacial score (nSPS) is 12.7. The van der Waals surface area contributed by atoms with E-state index in [0.717, 1.165) is 57.8 Å². The van der Waals surface area contributed by atoms with Gasteiger partial charge in [0.1, 0.15) is 0 Å². The molecule has 0 bridgehead atoms. The Hall–Kier alpha value is -1.40. The Morgan fingerprint density at radius 2 is 0.825 bits per heavy atom. The van der Waals surface area contributed by atoms with Crippen molar-refractivity contribution in [2.24, 2.45) is 0 Å². The van der Waals surface area contributed by atoms with Crippen molar-refractivity contribution in [2.75, 3.05) is 13.2 Å². The average Bonchev–Trinajstić information content (AvgIpc) is 3.21. The van der Waals surface area contributed by atoms with Gasteiger partial charge in [0.05, 0.1) is 25.4 Å². The monoisotopic (exact) mass is 806 g/mol. The average molecular weight is 806 g/mol. The van der Waals surface area contributed by atoms with Crippen LogP contribution >= 0.6 is 0 Å². The number of allylic oxidation sites excluding steroid dienone is 2. The highest BCUT2D eigenvalue weighted by molar-refractivity contribution is 5.76. The summed E-state index contributed by atoms with van der Waals surface area (Å²) >= 11 is 0. The summed E-state index contributed by atoms with van der Waals surface area (Å²) in [5.41, 5.74) is 0. The molecular weight excluding hydrogens is 707 g/mol. The van der Waals surface area contributed by atoms with Gasteiger partial charge in [-0.1, -0.05) is 225 Å². The predicted molar refractivity (Wildman–Crippen MR) is 246 cm³/mol. The fourth-order valence-electron chi connectivity index (χ4n) is 7.87. The minimum Gasteiger partial charge on any atom is -0.466 e. The second kappa shape index (κ2) is 47.3. The summed E-state index contributed by atoms with van der Waals surface area (Å²) in [5, 5.41) is 23.2. The van der Waals surface area contributed by atoms with Crippen molar-refractivity contribution in [1.29, 1.82) is 0 Å². The highest BCUT2D eigenvalue weighted by Crippen LogP contribution is 2.17. The highest BCUT2D eigenvalue weighted by Gasteiger charge is 2.20. The lowest BCUT2D eigenvalue weighted by Crippen LogP contribution is -2.45. The van der Waals surface area contributed by atoms with Gasteiger partial charge >= 0.3 is 5.97 Å². The van der Waals surface area contributed by atoms with E-state index in [-0.39, 0.29) is 18.5 Å². The maximum Gasteiger partial charge on any atom is 0.305 e. The summed E-state index contributed by atoms with van der Waals surface area (Å²) in [6.07, 6.45) is 53.1. The van der Waals surface area contributed by atoms with Gasteiger partial charge in [0.2, 0.25) is 5.91 Å². The number of rotatable bonds is 47. The van der Waals surface area contributed by atoms with Crippen LogP contribution in [-0.2, 0) is 14.3 Å². The number of aliphatic hydroxyl groups is 2. The van der Waals surface area contributed by atoms with E-state index in [4.69, 9.17) is 4.74 Å². The zero-order chi connectivity index (χ0) is 41.5. The van der Waals surface area contributed by atoms with Crippen molar-refractivity contribution >= 4 is 11.9 Å². The molecule has 0 heterocycles. The van der Waals surface area contributed by atoms with Crippen LogP contribution in [-0.4, -0.2) is 47.4 Å². The summed E-state index contributed by atoms with van der Waals surface area (Å²) in [5.74, 6) is -0.0849. The second-order valence-electron chi connectivity index (χ2n) is 17.5. The van der Waals surface area contributed by atoms with Crippen LogP contribution in [0.25, 0.3) is 0 Å². The van der Waals surface area contributed by atoms with E-state index in [9.17, 15) is 19.8 Å². The molecule has 0 aliphatic carbocycles. The number of carbonyl (C=O) groups excluding carboxylic acids is 2. The lowest BCUT2D eigenvalue weighted by Gasteiger charge is -2.22. The molecule has 0 aliphatic rings. The van der Waals surface area contributed by atoms with Gasteiger partial charge < -0.3 is 20.3 Å². The number of esters is 1. The molecule has 0 aromatic heterocycles. The molecule has 2 unspecified atom stereocenters. The Labute approximate surface area is 355 Å². The molecule has 1 amide bonds. The third-order valence-corrected chi connectivity index (χ3v) is 11.8. The van der Waals surface area contributed by atoms with E-state index in [1.807, 2.05) is 0 Å². The largest absolute Gasteiger partial charge is 0.466 e. The molecular formula is C51H99NO5. The zero-order valence-corrected chi connectivity index (χ0v) is 38.3. The van der Waals surface area contributed by atoms with E-state index in [1.165, 1.54) is 186 Å². The molecule has 57 heavy (non-hydrogen) atoms. The number of aliphatic hydroxyl groups excluding tert-OH is 2. The molecule has 338 valence electrons. The first-order chi connectivity index (χ1) is 28.0. The predicted octanol–water partition coefficient (Wildman–Crippen LogP) is 15.0. The van der Waals surface area contributed by atoms with Gasteiger partial charge in [-0.25, -0.2) is 0 Å². The van der Waals surface area contributed by atoms with Gasteiger partial charge in [0.15, 0.2) is 0 Å². The van der Waals surface area contributed by atoms with Crippen molar-refractivity contribution in [1.82, 2.24) is 5.32 Å². The molecule has 0 radical (unpaired) electrons. The third kappa shape index (κ3) is 44.0. The van der Waals surface area contributed by atoms with E-state index < -0.39 is 12.1 Å². The molecule has 0 fully saturated rings. The van der Waals surface area contributed by atoms with Crippen molar-refractivity contribution in [3.63, 3.8) is 0 Å². The summed E-state index contributed by atoms with van der Waals surface area (Å²) in [6.45, 7) is 4.88. The first-order valence-corrected chi connectivity index (χ1v) is 25.4. The van der Waals surface area contributed by atoms with Crippen molar-refractivity contribution in [3.8, 4) is 0 Å². The van der Waals surface area contributed by atoms with Gasteiger partial charge in [-0.15, -0.1) is 0 Å². The molecule has 2 atom stereocenters. The SMILES string of the molecule is CCCCC/C=C\CCCCCCCC(=O)OCCCCCCCCCCCCC(=O)NC(CO)C(O)CCCCCCCCCCCCCCCCCCCC. The van der Waals surface area contributed by atoms with Crippen molar-refractivity contribution in [2.45, 2.75) is 289 Å². The number of nitrogens with one attached hydrogen (secondary N) is 1. The van der Waals surface area contributed by atoms with Crippen LogP contribution in [0.2, 0.25) is 0 Å². The van der Waals surface area contributed by atoms with Gasteiger partial charge in [0.25, 0.3) is 0 Å². The third-order valence-electron chi connectivity index (χ3n) is 11.8. The van der Waals surface area contributed by atoms with Gasteiger partial charge in [-0.3, -0.25) is 9.59 Å². The van der Waals surface area contributed by atoms with E-state index >= 15 is 0 Å². The minimum absolute atomic E-state index is 0.0284. The molecule has 0 aliphatic heterocycles. The Morgan fingerprint density at radius 3 is 1.28 bits per heavy atom. The molecule has 0 aromatic rings. The lowest BCUT2D eigenvalue weighted by atomic mass is 10.0. The van der Waals surface area contributed by atoms with Gasteiger partial charge in [-0.2, -0.15) is 0 Å². The number of hydrogen-bond donors (Lipinski definition) is 3. The second-order valence-corrected chi connectivity index (χ2v) is 17.5. The first kappa shape index (κ1) is 55.6. The Kier molecular flexibility index (Phi) is 46.1. The lowest BCUT2D eigenvalue weighted by molar-refractivity contribution is -0.143. The number of amides is 1. The Morgan fingerprint density at radius 1 is 0.474 bits per heavy atom. The molecule has 0 rings (SSSR count). The quantitative estimate of drug-likeness (QED) is 0.0323. The zero-order valence-electron chi connectivity index (χ0n) is 38.3. The van der Waals surface area contributed by atoms with Crippen molar-refractivity contribution in [3.05, 3.63) is 12.2 Å². The number of ether oxygens (including phenoxy) is 1. The summed E-state index contributed by atoms with van der Waals surface area (Å²) in [4.78, 5) is 24.4. The highest BCUT2D eigenvalue weighted by atomic mass is 16.5. The van der Waals surface area contributed by atoms with Crippen LogP contribution in [0.3, 0.4) is 0 Å². The van der Waals surface area contributed by atoms with Crippen LogP contribution in [0.1, 0.15) is 277 Å². The standard InChI is InChI=1S/C51H99NO5/c1-3-5-7-9-11-13-15-17-18-19-20-21-22-23-27-31-35-39-43-49(54)48(47-53)52-50(55)44-40-36-32-28-25-26-30-34-38-42-46-57-51(56)45-41-37-33-29-24-16-14-12-10-8-6-4-2/h12,14,48-49,53-54H,3-11,13,15-47H2,1-2H3,(H,52,55)/b14-12-. The smallest absolute Gasteiger partial charge is 0.305 e. The number of carbonyl (C=O) groups is 2. The van der Waals surface area contributed by atoms with Crippen molar-refractivity contribution < 1.29 is 24.5 Å². The summed E-state index contributed by atoms with van der Waals surface area (Å²) in [6, 6.07) is -0.558. The molecule has 6 nitrogen and oxygen atoms in total. The molecule has 0 aromatic carbocycles. The molecule has 0 saturated heterocycles.